The topological polar surface area (TPSA) is 145 Å². The molecular formula is C22H12Br2N2O8. The number of nitro groups is 2. The number of fused-ring (bicyclic) bond motifs is 1. The number of rotatable bonds is 6. The zero-order chi connectivity index (χ0) is 24.6. The summed E-state index contributed by atoms with van der Waals surface area (Å²) in [6, 6.07) is 14.2. The lowest BCUT2D eigenvalue weighted by molar-refractivity contribution is -0.386. The quantitative estimate of drug-likeness (QED) is 0.177. The summed E-state index contributed by atoms with van der Waals surface area (Å²) in [7, 11) is 0. The van der Waals surface area contributed by atoms with Gasteiger partial charge < -0.3 is 19.7 Å². The maximum atomic E-state index is 10.9. The molecule has 4 rings (SSSR count). The standard InChI is InChI=1S/C22H12Br2N2O8/c23-15-5-4-14-13(21(15)33-11-1-7-17(25(29)30)19(27)9-11)3-6-16(24)22(14)34-12-2-8-18(26(31)32)20(28)10-12/h1-10,27-28H. The molecule has 34 heavy (non-hydrogen) atoms. The highest BCUT2D eigenvalue weighted by Gasteiger charge is 2.19. The van der Waals surface area contributed by atoms with E-state index in [1.54, 1.807) is 24.3 Å². The van der Waals surface area contributed by atoms with Gasteiger partial charge in [0, 0.05) is 35.0 Å². The third-order valence-electron chi connectivity index (χ3n) is 4.73. The van der Waals surface area contributed by atoms with Crippen molar-refractivity contribution in [3.05, 3.63) is 89.8 Å². The molecule has 0 amide bonds. The van der Waals surface area contributed by atoms with E-state index in [9.17, 15) is 30.4 Å². The SMILES string of the molecule is O=[N+]([O-])c1ccc(Oc2c(Br)ccc3c(Oc4ccc([N+](=O)[O-])c(O)c4)c(Br)ccc23)cc1O. The molecule has 4 aromatic carbocycles. The van der Waals surface area contributed by atoms with Gasteiger partial charge in [0.1, 0.15) is 23.0 Å². The van der Waals surface area contributed by atoms with Gasteiger partial charge in [-0.15, -0.1) is 0 Å². The molecule has 4 aromatic rings. The Bertz CT molecular complexity index is 1360. The molecule has 10 nitrogen and oxygen atoms in total. The van der Waals surface area contributed by atoms with Gasteiger partial charge in [-0.1, -0.05) is 0 Å². The molecule has 0 aromatic heterocycles. The molecule has 0 radical (unpaired) electrons. The molecule has 12 heteroatoms. The number of phenolic OH excluding ortho intramolecular Hbond substituents is 2. The molecule has 172 valence electrons. The minimum Gasteiger partial charge on any atom is -0.502 e. The van der Waals surface area contributed by atoms with Gasteiger partial charge in [0.15, 0.2) is 11.5 Å². The number of hydrogen-bond donors (Lipinski definition) is 2. The lowest BCUT2D eigenvalue weighted by Gasteiger charge is -2.15. The van der Waals surface area contributed by atoms with Crippen molar-refractivity contribution in [3.8, 4) is 34.5 Å². The van der Waals surface area contributed by atoms with Crippen LogP contribution in [0.2, 0.25) is 0 Å². The van der Waals surface area contributed by atoms with E-state index in [1.165, 1.54) is 12.1 Å². The fourth-order valence-corrected chi connectivity index (χ4v) is 4.04. The molecule has 0 aliphatic heterocycles. The number of ether oxygens (including phenoxy) is 2. The van der Waals surface area contributed by atoms with Gasteiger partial charge in [-0.2, -0.15) is 0 Å². The van der Waals surface area contributed by atoms with Crippen molar-refractivity contribution < 1.29 is 29.5 Å². The molecule has 0 saturated heterocycles. The molecule has 0 spiro atoms. The van der Waals surface area contributed by atoms with Gasteiger partial charge in [0.25, 0.3) is 0 Å². The van der Waals surface area contributed by atoms with Crippen LogP contribution in [0.15, 0.2) is 69.6 Å². The van der Waals surface area contributed by atoms with Crippen LogP contribution in [-0.4, -0.2) is 20.1 Å². The Labute approximate surface area is 207 Å². The molecule has 0 bridgehead atoms. The summed E-state index contributed by atoms with van der Waals surface area (Å²) in [4.78, 5) is 20.5. The van der Waals surface area contributed by atoms with E-state index in [2.05, 4.69) is 31.9 Å². The van der Waals surface area contributed by atoms with Crippen LogP contribution in [0.3, 0.4) is 0 Å². The minimum absolute atomic E-state index is 0.168. The Kier molecular flexibility index (Phi) is 6.26. The van der Waals surface area contributed by atoms with Crippen molar-refractivity contribution in [2.24, 2.45) is 0 Å². The summed E-state index contributed by atoms with van der Waals surface area (Å²) in [5.41, 5.74) is -0.898. The maximum Gasteiger partial charge on any atom is 0.310 e. The highest BCUT2D eigenvalue weighted by Crippen LogP contribution is 2.45. The van der Waals surface area contributed by atoms with E-state index in [-0.39, 0.29) is 11.5 Å². The van der Waals surface area contributed by atoms with Gasteiger partial charge >= 0.3 is 11.4 Å². The van der Waals surface area contributed by atoms with Crippen LogP contribution in [0, 0.1) is 20.2 Å². The van der Waals surface area contributed by atoms with E-state index in [4.69, 9.17) is 9.47 Å². The van der Waals surface area contributed by atoms with Crippen molar-refractivity contribution in [2.75, 3.05) is 0 Å². The molecular weight excluding hydrogens is 580 g/mol. The van der Waals surface area contributed by atoms with Crippen LogP contribution in [-0.2, 0) is 0 Å². The average Bonchev–Trinajstić information content (AvgIpc) is 2.77. The van der Waals surface area contributed by atoms with Gasteiger partial charge in [-0.25, -0.2) is 0 Å². The predicted molar refractivity (Wildman–Crippen MR) is 129 cm³/mol. The lowest BCUT2D eigenvalue weighted by Crippen LogP contribution is -1.93. The molecule has 0 aliphatic rings. The number of aromatic hydroxyl groups is 2. The van der Waals surface area contributed by atoms with Crippen molar-refractivity contribution in [2.45, 2.75) is 0 Å². The van der Waals surface area contributed by atoms with Crippen molar-refractivity contribution in [1.82, 2.24) is 0 Å². The summed E-state index contributed by atoms with van der Waals surface area (Å²) in [6.45, 7) is 0. The summed E-state index contributed by atoms with van der Waals surface area (Å²) in [5.74, 6) is -0.0273. The molecule has 0 saturated carbocycles. The van der Waals surface area contributed by atoms with Crippen molar-refractivity contribution in [3.63, 3.8) is 0 Å². The van der Waals surface area contributed by atoms with E-state index >= 15 is 0 Å². The van der Waals surface area contributed by atoms with Crippen LogP contribution in [0.25, 0.3) is 10.8 Å². The van der Waals surface area contributed by atoms with Gasteiger partial charge in [-0.3, -0.25) is 20.2 Å². The van der Waals surface area contributed by atoms with Crippen LogP contribution in [0.1, 0.15) is 0 Å². The molecule has 2 N–H and O–H groups in total. The summed E-state index contributed by atoms with van der Waals surface area (Å²) in [6.07, 6.45) is 0. The Balaban J connectivity index is 1.77. The van der Waals surface area contributed by atoms with E-state index in [0.717, 1.165) is 24.3 Å². The lowest BCUT2D eigenvalue weighted by atomic mass is 10.1. The highest BCUT2D eigenvalue weighted by molar-refractivity contribution is 9.11. The maximum absolute atomic E-state index is 10.9. The first kappa shape index (κ1) is 23.3. The third-order valence-corrected chi connectivity index (χ3v) is 5.98. The number of phenols is 2. The fraction of sp³-hybridized carbons (Fsp3) is 0. The van der Waals surface area contributed by atoms with E-state index in [1.807, 2.05) is 0 Å². The van der Waals surface area contributed by atoms with Crippen LogP contribution < -0.4 is 9.47 Å². The Hall–Kier alpha value is -3.90. The highest BCUT2D eigenvalue weighted by atomic mass is 79.9. The third kappa shape index (κ3) is 4.45. The fourth-order valence-electron chi connectivity index (χ4n) is 3.18. The van der Waals surface area contributed by atoms with E-state index < -0.39 is 32.7 Å². The monoisotopic (exact) mass is 590 g/mol. The zero-order valence-corrected chi connectivity index (χ0v) is 19.9. The second-order valence-corrected chi connectivity index (χ2v) is 8.58. The van der Waals surface area contributed by atoms with Gasteiger partial charge in [0.05, 0.1) is 18.8 Å². The number of nitrogens with zero attached hydrogens (tertiary/aromatic N) is 2. The second kappa shape index (κ2) is 9.15. The molecule has 0 heterocycles. The Morgan fingerprint density at radius 1 is 0.647 bits per heavy atom. The average molecular weight is 592 g/mol. The number of hydrogen-bond acceptors (Lipinski definition) is 8. The number of benzene rings is 4. The molecule has 0 aliphatic carbocycles. The van der Waals surface area contributed by atoms with Gasteiger partial charge in [-0.05, 0) is 68.3 Å². The second-order valence-electron chi connectivity index (χ2n) is 6.87. The van der Waals surface area contributed by atoms with E-state index in [0.29, 0.717) is 31.2 Å². The number of halogens is 2. The molecule has 0 fully saturated rings. The summed E-state index contributed by atoms with van der Waals surface area (Å²) >= 11 is 6.85. The first-order valence-corrected chi connectivity index (χ1v) is 11.0. The van der Waals surface area contributed by atoms with Crippen LogP contribution >= 0.6 is 31.9 Å². The first-order valence-electron chi connectivity index (χ1n) is 9.37. The van der Waals surface area contributed by atoms with Crippen molar-refractivity contribution >= 4 is 54.0 Å². The minimum atomic E-state index is -0.704. The van der Waals surface area contributed by atoms with Crippen LogP contribution in [0.4, 0.5) is 11.4 Å². The Morgan fingerprint density at radius 3 is 1.35 bits per heavy atom. The normalized spacial score (nSPS) is 10.8. The van der Waals surface area contributed by atoms with Crippen molar-refractivity contribution in [1.29, 1.82) is 0 Å². The van der Waals surface area contributed by atoms with Gasteiger partial charge in [0.2, 0.25) is 0 Å². The number of nitro benzene ring substituents is 2. The summed E-state index contributed by atoms with van der Waals surface area (Å²) in [5, 5.41) is 42.9. The largest absolute Gasteiger partial charge is 0.502 e. The Morgan fingerprint density at radius 2 is 1.03 bits per heavy atom. The van der Waals surface area contributed by atoms with Crippen LogP contribution in [0.5, 0.6) is 34.5 Å². The summed E-state index contributed by atoms with van der Waals surface area (Å²) < 4.78 is 13.0. The molecule has 0 unspecified atom stereocenters. The zero-order valence-electron chi connectivity index (χ0n) is 16.8. The first-order chi connectivity index (χ1) is 16.2. The smallest absolute Gasteiger partial charge is 0.310 e. The predicted octanol–water partition coefficient (Wildman–Crippen LogP) is 7.18. The molecule has 0 atom stereocenters.